The highest BCUT2D eigenvalue weighted by Crippen LogP contribution is 1.97. The molecule has 0 aliphatic carbocycles. The SMILES string of the molecule is O=c1cnc2[c]ccnc2[nH]1. The van der Waals surface area contributed by atoms with Crippen molar-refractivity contribution in [3.63, 3.8) is 0 Å². The number of pyridine rings is 1. The second-order valence-electron chi connectivity index (χ2n) is 2.03. The molecular formula is C7H4N3O. The smallest absolute Gasteiger partial charge is 0.268 e. The summed E-state index contributed by atoms with van der Waals surface area (Å²) in [5.74, 6) is 0. The first-order valence-electron chi connectivity index (χ1n) is 3.08. The highest BCUT2D eigenvalue weighted by atomic mass is 16.1. The lowest BCUT2D eigenvalue weighted by Gasteiger charge is -1.90. The van der Waals surface area contributed by atoms with E-state index in [0.29, 0.717) is 11.2 Å². The van der Waals surface area contributed by atoms with Gasteiger partial charge in [-0.05, 0) is 6.07 Å². The summed E-state index contributed by atoms with van der Waals surface area (Å²) < 4.78 is 0. The first-order chi connectivity index (χ1) is 5.36. The van der Waals surface area contributed by atoms with E-state index >= 15 is 0 Å². The molecular weight excluding hydrogens is 142 g/mol. The molecule has 0 fully saturated rings. The second-order valence-corrected chi connectivity index (χ2v) is 2.03. The Balaban J connectivity index is 2.94. The predicted octanol–water partition coefficient (Wildman–Crippen LogP) is 0.118. The van der Waals surface area contributed by atoms with Crippen molar-refractivity contribution in [1.82, 2.24) is 15.0 Å². The fraction of sp³-hybridized carbons (Fsp3) is 0. The van der Waals surface area contributed by atoms with Crippen LogP contribution in [0.2, 0.25) is 0 Å². The van der Waals surface area contributed by atoms with Gasteiger partial charge < -0.3 is 4.98 Å². The van der Waals surface area contributed by atoms with Gasteiger partial charge in [0, 0.05) is 12.3 Å². The fourth-order valence-corrected chi connectivity index (χ4v) is 0.820. The van der Waals surface area contributed by atoms with Gasteiger partial charge >= 0.3 is 0 Å². The van der Waals surface area contributed by atoms with Crippen LogP contribution < -0.4 is 5.56 Å². The number of rotatable bonds is 0. The molecule has 0 aliphatic rings. The van der Waals surface area contributed by atoms with E-state index in [-0.39, 0.29) is 5.56 Å². The van der Waals surface area contributed by atoms with Crippen LogP contribution in [0.1, 0.15) is 0 Å². The molecule has 1 N–H and O–H groups in total. The summed E-state index contributed by atoms with van der Waals surface area (Å²) >= 11 is 0. The van der Waals surface area contributed by atoms with Crippen LogP contribution >= 0.6 is 0 Å². The molecule has 0 aliphatic heterocycles. The average Bonchev–Trinajstić information content (AvgIpc) is 2.04. The summed E-state index contributed by atoms with van der Waals surface area (Å²) in [4.78, 5) is 21.0. The van der Waals surface area contributed by atoms with Crippen LogP contribution in [0.25, 0.3) is 11.2 Å². The fourth-order valence-electron chi connectivity index (χ4n) is 0.820. The minimum absolute atomic E-state index is 0.246. The first-order valence-corrected chi connectivity index (χ1v) is 3.08. The Morgan fingerprint density at radius 3 is 3.27 bits per heavy atom. The summed E-state index contributed by atoms with van der Waals surface area (Å²) in [6, 6.07) is 4.48. The van der Waals surface area contributed by atoms with Crippen molar-refractivity contribution >= 4 is 11.2 Å². The summed E-state index contributed by atoms with van der Waals surface area (Å²) in [5.41, 5.74) is 0.803. The molecule has 2 aromatic rings. The second kappa shape index (κ2) is 2.16. The van der Waals surface area contributed by atoms with E-state index in [0.717, 1.165) is 0 Å². The van der Waals surface area contributed by atoms with Gasteiger partial charge in [-0.1, -0.05) is 0 Å². The Labute approximate surface area is 61.9 Å². The zero-order valence-corrected chi connectivity index (χ0v) is 5.53. The number of aromatic nitrogens is 3. The highest BCUT2D eigenvalue weighted by molar-refractivity contribution is 5.67. The largest absolute Gasteiger partial charge is 0.304 e. The lowest BCUT2D eigenvalue weighted by Crippen LogP contribution is -2.05. The Morgan fingerprint density at radius 2 is 2.36 bits per heavy atom. The zero-order valence-electron chi connectivity index (χ0n) is 5.53. The molecule has 53 valence electrons. The molecule has 0 saturated carbocycles. The Bertz CT molecular complexity index is 435. The van der Waals surface area contributed by atoms with Crippen molar-refractivity contribution in [3.8, 4) is 0 Å². The third kappa shape index (κ3) is 0.980. The topological polar surface area (TPSA) is 58.6 Å². The average molecular weight is 146 g/mol. The van der Waals surface area contributed by atoms with Crippen molar-refractivity contribution in [2.45, 2.75) is 0 Å². The standard InChI is InChI=1S/C7H4N3O/c11-6-4-9-5-2-1-3-8-7(5)10-6/h1,3-4H,(H,8,10,11). The molecule has 2 heterocycles. The molecule has 0 amide bonds. The third-order valence-electron chi connectivity index (χ3n) is 1.28. The lowest BCUT2D eigenvalue weighted by atomic mass is 10.4. The van der Waals surface area contributed by atoms with Gasteiger partial charge in [0.25, 0.3) is 5.56 Å². The Hall–Kier alpha value is -1.71. The van der Waals surface area contributed by atoms with E-state index in [1.807, 2.05) is 0 Å². The number of hydrogen-bond acceptors (Lipinski definition) is 3. The van der Waals surface area contributed by atoms with Gasteiger partial charge in [-0.25, -0.2) is 9.97 Å². The van der Waals surface area contributed by atoms with Gasteiger partial charge in [-0.15, -0.1) is 0 Å². The predicted molar refractivity (Wildman–Crippen MR) is 39.0 cm³/mol. The molecule has 0 unspecified atom stereocenters. The summed E-state index contributed by atoms with van der Waals surface area (Å²) in [6.07, 6.45) is 2.76. The molecule has 0 bridgehead atoms. The first kappa shape index (κ1) is 6.03. The van der Waals surface area contributed by atoms with E-state index in [9.17, 15) is 4.79 Å². The summed E-state index contributed by atoms with van der Waals surface area (Å²) in [5, 5.41) is 0. The van der Waals surface area contributed by atoms with Crippen LogP contribution in [-0.4, -0.2) is 15.0 Å². The van der Waals surface area contributed by atoms with Gasteiger partial charge in [0.05, 0.1) is 6.20 Å². The molecule has 0 aromatic carbocycles. The van der Waals surface area contributed by atoms with Crippen molar-refractivity contribution in [3.05, 3.63) is 34.9 Å². The van der Waals surface area contributed by atoms with Gasteiger partial charge in [0.2, 0.25) is 0 Å². The number of fused-ring (bicyclic) bond motifs is 1. The summed E-state index contributed by atoms with van der Waals surface area (Å²) in [7, 11) is 0. The molecule has 2 rings (SSSR count). The number of nitrogens with one attached hydrogen (secondary N) is 1. The molecule has 11 heavy (non-hydrogen) atoms. The minimum Gasteiger partial charge on any atom is -0.304 e. The van der Waals surface area contributed by atoms with Crippen LogP contribution in [0.4, 0.5) is 0 Å². The Morgan fingerprint density at radius 1 is 1.45 bits per heavy atom. The zero-order chi connectivity index (χ0) is 7.68. The maximum absolute atomic E-state index is 10.7. The van der Waals surface area contributed by atoms with Crippen LogP contribution in [-0.2, 0) is 0 Å². The number of aromatic amines is 1. The van der Waals surface area contributed by atoms with Crippen LogP contribution in [0, 0.1) is 6.07 Å². The highest BCUT2D eigenvalue weighted by Gasteiger charge is 1.92. The molecule has 1 radical (unpaired) electrons. The van der Waals surface area contributed by atoms with E-state index in [1.165, 1.54) is 6.20 Å². The number of H-pyrrole nitrogens is 1. The van der Waals surface area contributed by atoms with Crippen molar-refractivity contribution in [1.29, 1.82) is 0 Å². The van der Waals surface area contributed by atoms with E-state index in [1.54, 1.807) is 12.3 Å². The Kier molecular flexibility index (Phi) is 1.18. The van der Waals surface area contributed by atoms with Gasteiger partial charge in [0.1, 0.15) is 5.52 Å². The van der Waals surface area contributed by atoms with Gasteiger partial charge in [-0.2, -0.15) is 0 Å². The minimum atomic E-state index is -0.246. The molecule has 4 nitrogen and oxygen atoms in total. The van der Waals surface area contributed by atoms with E-state index in [2.05, 4.69) is 21.0 Å². The van der Waals surface area contributed by atoms with Gasteiger partial charge in [0.15, 0.2) is 5.65 Å². The van der Waals surface area contributed by atoms with Crippen LogP contribution in [0.5, 0.6) is 0 Å². The van der Waals surface area contributed by atoms with Gasteiger partial charge in [-0.3, -0.25) is 4.79 Å². The van der Waals surface area contributed by atoms with Crippen molar-refractivity contribution < 1.29 is 0 Å². The lowest BCUT2D eigenvalue weighted by molar-refractivity contribution is 1.17. The third-order valence-corrected chi connectivity index (χ3v) is 1.28. The molecule has 0 saturated heterocycles. The van der Waals surface area contributed by atoms with Crippen molar-refractivity contribution in [2.24, 2.45) is 0 Å². The van der Waals surface area contributed by atoms with Crippen molar-refractivity contribution in [2.75, 3.05) is 0 Å². The van der Waals surface area contributed by atoms with Crippen LogP contribution in [0.15, 0.2) is 23.3 Å². The summed E-state index contributed by atoms with van der Waals surface area (Å²) in [6.45, 7) is 0. The van der Waals surface area contributed by atoms with E-state index in [4.69, 9.17) is 0 Å². The molecule has 0 spiro atoms. The molecule has 4 heteroatoms. The monoisotopic (exact) mass is 146 g/mol. The number of hydrogen-bond donors (Lipinski definition) is 1. The maximum Gasteiger partial charge on any atom is 0.268 e. The quantitative estimate of drug-likeness (QED) is 0.574. The number of nitrogens with zero attached hydrogens (tertiary/aromatic N) is 2. The normalized spacial score (nSPS) is 10.2. The maximum atomic E-state index is 10.7. The molecule has 2 aromatic heterocycles. The molecule has 0 atom stereocenters. The van der Waals surface area contributed by atoms with E-state index < -0.39 is 0 Å². The van der Waals surface area contributed by atoms with Crippen LogP contribution in [0.3, 0.4) is 0 Å².